The molecule has 1 aromatic rings. The number of hydrogen-bond donors (Lipinski definition) is 1. The van der Waals surface area contributed by atoms with Crippen molar-refractivity contribution >= 4 is 17.7 Å². The Hall–Kier alpha value is -2.51. The molecule has 152 valence electrons. The molecule has 2 saturated heterocycles. The highest BCUT2D eigenvalue weighted by molar-refractivity contribution is 6.05. The summed E-state index contributed by atoms with van der Waals surface area (Å²) in [6.45, 7) is 2.71. The molecule has 3 amide bonds. The number of nitrogens with zero attached hydrogens (tertiary/aromatic N) is 1. The van der Waals surface area contributed by atoms with E-state index < -0.39 is 17.0 Å². The van der Waals surface area contributed by atoms with E-state index in [1.54, 1.807) is 11.8 Å². The Labute approximate surface area is 162 Å². The van der Waals surface area contributed by atoms with Gasteiger partial charge in [-0.3, -0.25) is 19.7 Å². The fourth-order valence-electron chi connectivity index (χ4n) is 3.93. The van der Waals surface area contributed by atoms with Crippen LogP contribution in [0.5, 0.6) is 5.75 Å². The van der Waals surface area contributed by atoms with E-state index >= 15 is 0 Å². The zero-order valence-electron chi connectivity index (χ0n) is 16.0. The number of imide groups is 1. The molecule has 1 atom stereocenters. The van der Waals surface area contributed by atoms with Gasteiger partial charge in [-0.25, -0.2) is 4.39 Å². The normalized spacial score (nSPS) is 23.1. The van der Waals surface area contributed by atoms with E-state index in [4.69, 9.17) is 4.74 Å². The van der Waals surface area contributed by atoms with E-state index in [0.717, 1.165) is 0 Å². The Morgan fingerprint density at radius 2 is 1.96 bits per heavy atom. The molecule has 0 aliphatic carbocycles. The van der Waals surface area contributed by atoms with Gasteiger partial charge in [-0.1, -0.05) is 6.92 Å². The SMILES string of the molecule is COc1cc(C2CCN(C(=O)CCC3(C)CC(=O)NC3=O)CC2)cc(F)c1F. The largest absolute Gasteiger partial charge is 0.494 e. The van der Waals surface area contributed by atoms with E-state index in [9.17, 15) is 23.2 Å². The highest BCUT2D eigenvalue weighted by Gasteiger charge is 2.42. The zero-order chi connectivity index (χ0) is 20.5. The average molecular weight is 394 g/mol. The molecule has 0 aromatic heterocycles. The fraction of sp³-hybridized carbons (Fsp3) is 0.550. The number of halogens is 2. The molecule has 0 bridgehead atoms. The highest BCUT2D eigenvalue weighted by Crippen LogP contribution is 2.34. The van der Waals surface area contributed by atoms with E-state index in [2.05, 4.69) is 5.32 Å². The Bertz CT molecular complexity index is 806. The molecule has 2 fully saturated rings. The van der Waals surface area contributed by atoms with Gasteiger partial charge in [-0.05, 0) is 42.9 Å². The molecule has 6 nitrogen and oxygen atoms in total. The van der Waals surface area contributed by atoms with E-state index in [1.165, 1.54) is 19.2 Å². The molecule has 8 heteroatoms. The van der Waals surface area contributed by atoms with Crippen LogP contribution in [-0.4, -0.2) is 42.8 Å². The topological polar surface area (TPSA) is 75.7 Å². The van der Waals surface area contributed by atoms with Crippen LogP contribution in [0.3, 0.4) is 0 Å². The minimum Gasteiger partial charge on any atom is -0.494 e. The van der Waals surface area contributed by atoms with Gasteiger partial charge in [0.2, 0.25) is 23.5 Å². The Morgan fingerprint density at radius 1 is 1.29 bits per heavy atom. The van der Waals surface area contributed by atoms with Crippen LogP contribution in [0.1, 0.15) is 50.5 Å². The summed E-state index contributed by atoms with van der Waals surface area (Å²) in [5.41, 5.74) is -0.163. The van der Waals surface area contributed by atoms with Crippen molar-refractivity contribution in [1.29, 1.82) is 0 Å². The number of nitrogens with one attached hydrogen (secondary N) is 1. The standard InChI is InChI=1S/C20H24F2N2O4/c1-20(11-16(25)23-19(20)27)6-3-17(26)24-7-4-12(5-8-24)13-9-14(21)18(22)15(10-13)28-2/h9-10,12H,3-8,11H2,1-2H3,(H,23,25,27). The summed E-state index contributed by atoms with van der Waals surface area (Å²) in [6, 6.07) is 2.70. The fourth-order valence-corrected chi connectivity index (χ4v) is 3.93. The van der Waals surface area contributed by atoms with Crippen LogP contribution in [-0.2, 0) is 14.4 Å². The van der Waals surface area contributed by atoms with Gasteiger partial charge in [0.25, 0.3) is 0 Å². The van der Waals surface area contributed by atoms with E-state index in [1.807, 2.05) is 0 Å². The predicted octanol–water partition coefficient (Wildman–Crippen LogP) is 2.51. The Balaban J connectivity index is 1.55. The second kappa shape index (κ2) is 7.85. The lowest BCUT2D eigenvalue weighted by molar-refractivity contribution is -0.133. The number of rotatable bonds is 5. The quantitative estimate of drug-likeness (QED) is 0.779. The number of ether oxygens (including phenoxy) is 1. The van der Waals surface area contributed by atoms with Gasteiger partial charge in [0.1, 0.15) is 0 Å². The number of carbonyl (C=O) groups is 3. The number of carbonyl (C=O) groups excluding carboxylic acids is 3. The first-order chi connectivity index (χ1) is 13.2. The number of benzene rings is 1. The minimum atomic E-state index is -0.998. The van der Waals surface area contributed by atoms with Gasteiger partial charge >= 0.3 is 0 Å². The molecule has 3 rings (SSSR count). The van der Waals surface area contributed by atoms with Crippen molar-refractivity contribution in [3.8, 4) is 5.75 Å². The maximum absolute atomic E-state index is 13.8. The molecule has 1 aromatic carbocycles. The van der Waals surface area contributed by atoms with E-state index in [0.29, 0.717) is 37.9 Å². The summed E-state index contributed by atoms with van der Waals surface area (Å²) in [5.74, 6) is -2.73. The molecule has 2 heterocycles. The molecule has 0 saturated carbocycles. The molecular formula is C20H24F2N2O4. The highest BCUT2D eigenvalue weighted by atomic mass is 19.2. The van der Waals surface area contributed by atoms with Crippen molar-refractivity contribution in [1.82, 2.24) is 10.2 Å². The summed E-state index contributed by atoms with van der Waals surface area (Å²) in [7, 11) is 1.29. The molecule has 28 heavy (non-hydrogen) atoms. The van der Waals surface area contributed by atoms with Crippen molar-refractivity contribution in [3.05, 3.63) is 29.3 Å². The van der Waals surface area contributed by atoms with Gasteiger partial charge in [-0.15, -0.1) is 0 Å². The molecule has 2 aliphatic rings. The molecule has 1 unspecified atom stereocenters. The van der Waals surface area contributed by atoms with Crippen LogP contribution in [0, 0.1) is 17.0 Å². The zero-order valence-corrected chi connectivity index (χ0v) is 16.0. The van der Waals surface area contributed by atoms with Crippen molar-refractivity contribution in [3.63, 3.8) is 0 Å². The predicted molar refractivity (Wildman–Crippen MR) is 96.6 cm³/mol. The van der Waals surface area contributed by atoms with Crippen LogP contribution < -0.4 is 10.1 Å². The molecular weight excluding hydrogens is 370 g/mol. The molecule has 0 spiro atoms. The first kappa shape index (κ1) is 20.2. The van der Waals surface area contributed by atoms with E-state index in [-0.39, 0.29) is 42.2 Å². The van der Waals surface area contributed by atoms with Crippen LogP contribution in [0.2, 0.25) is 0 Å². The number of amides is 3. The number of piperidine rings is 1. The van der Waals surface area contributed by atoms with Gasteiger partial charge in [-0.2, -0.15) is 4.39 Å². The maximum atomic E-state index is 13.8. The summed E-state index contributed by atoms with van der Waals surface area (Å²) < 4.78 is 32.3. The summed E-state index contributed by atoms with van der Waals surface area (Å²) >= 11 is 0. The van der Waals surface area contributed by atoms with Crippen molar-refractivity contribution in [2.45, 2.75) is 44.9 Å². The van der Waals surface area contributed by atoms with Gasteiger partial charge < -0.3 is 9.64 Å². The second-order valence-corrected chi connectivity index (χ2v) is 7.79. The van der Waals surface area contributed by atoms with Crippen molar-refractivity contribution in [2.24, 2.45) is 5.41 Å². The average Bonchev–Trinajstić information content (AvgIpc) is 2.94. The van der Waals surface area contributed by atoms with Crippen LogP contribution in [0.15, 0.2) is 12.1 Å². The first-order valence-electron chi connectivity index (χ1n) is 9.38. The third kappa shape index (κ3) is 4.00. The molecule has 1 N–H and O–H groups in total. The Kier molecular flexibility index (Phi) is 5.67. The lowest BCUT2D eigenvalue weighted by Crippen LogP contribution is -2.39. The summed E-state index contributed by atoms with van der Waals surface area (Å²) in [5, 5.41) is 2.28. The third-order valence-corrected chi connectivity index (χ3v) is 5.80. The van der Waals surface area contributed by atoms with Crippen molar-refractivity contribution < 1.29 is 27.9 Å². The number of hydrogen-bond acceptors (Lipinski definition) is 4. The summed E-state index contributed by atoms with van der Waals surface area (Å²) in [6.07, 6.45) is 1.90. The lowest BCUT2D eigenvalue weighted by Gasteiger charge is -2.33. The second-order valence-electron chi connectivity index (χ2n) is 7.79. The van der Waals surface area contributed by atoms with Gasteiger partial charge in [0.05, 0.1) is 12.5 Å². The van der Waals surface area contributed by atoms with Gasteiger partial charge in [0.15, 0.2) is 11.6 Å². The molecule has 2 aliphatic heterocycles. The monoisotopic (exact) mass is 394 g/mol. The lowest BCUT2D eigenvalue weighted by atomic mass is 9.83. The third-order valence-electron chi connectivity index (χ3n) is 5.80. The summed E-state index contributed by atoms with van der Waals surface area (Å²) in [4.78, 5) is 37.5. The van der Waals surface area contributed by atoms with Crippen LogP contribution >= 0.6 is 0 Å². The van der Waals surface area contributed by atoms with Crippen LogP contribution in [0.25, 0.3) is 0 Å². The minimum absolute atomic E-state index is 0.0174. The van der Waals surface area contributed by atoms with Crippen LogP contribution in [0.4, 0.5) is 8.78 Å². The maximum Gasteiger partial charge on any atom is 0.233 e. The molecule has 0 radical (unpaired) electrons. The Morgan fingerprint density at radius 3 is 2.54 bits per heavy atom. The van der Waals surface area contributed by atoms with Crippen molar-refractivity contribution in [2.75, 3.05) is 20.2 Å². The first-order valence-corrected chi connectivity index (χ1v) is 9.38. The van der Waals surface area contributed by atoms with Gasteiger partial charge in [0, 0.05) is 25.9 Å². The number of likely N-dealkylation sites (tertiary alicyclic amines) is 1. The smallest absolute Gasteiger partial charge is 0.233 e. The number of methoxy groups -OCH3 is 1.